The molecule has 0 bridgehead atoms. The van der Waals surface area contributed by atoms with Crippen LogP contribution in [0.2, 0.25) is 0 Å². The van der Waals surface area contributed by atoms with Crippen molar-refractivity contribution in [3.05, 3.63) is 57.3 Å². The molecule has 2 rings (SSSR count). The monoisotopic (exact) mass is 289 g/mol. The molecule has 1 amide bonds. The van der Waals surface area contributed by atoms with Gasteiger partial charge in [0.05, 0.1) is 4.88 Å². The molecule has 0 spiro atoms. The molecule has 2 N–H and O–H groups in total. The Balaban J connectivity index is 1.87. The first kappa shape index (κ1) is 14.3. The summed E-state index contributed by atoms with van der Waals surface area (Å²) in [6, 6.07) is 11.1. The SMILES string of the molecule is Cc1cccc(CCNC(=O)c2ccc(C(=O)O)s2)c1. The molecule has 0 unspecified atom stereocenters. The first-order valence-electron chi connectivity index (χ1n) is 6.23. The van der Waals surface area contributed by atoms with Crippen LogP contribution in [-0.4, -0.2) is 23.5 Å². The predicted molar refractivity (Wildman–Crippen MR) is 78.5 cm³/mol. The van der Waals surface area contributed by atoms with Gasteiger partial charge in [0.25, 0.3) is 5.91 Å². The number of carbonyl (C=O) groups is 2. The molecule has 0 aliphatic heterocycles. The molecular weight excluding hydrogens is 274 g/mol. The Hall–Kier alpha value is -2.14. The number of hydrogen-bond acceptors (Lipinski definition) is 3. The third kappa shape index (κ3) is 3.68. The topological polar surface area (TPSA) is 66.4 Å². The third-order valence-electron chi connectivity index (χ3n) is 2.82. The molecule has 0 saturated carbocycles. The van der Waals surface area contributed by atoms with Crippen LogP contribution in [-0.2, 0) is 6.42 Å². The molecule has 2 aromatic rings. The minimum absolute atomic E-state index is 0.175. The lowest BCUT2D eigenvalue weighted by Gasteiger charge is -2.04. The molecule has 0 radical (unpaired) electrons. The molecule has 0 saturated heterocycles. The van der Waals surface area contributed by atoms with Gasteiger partial charge in [-0.1, -0.05) is 29.8 Å². The highest BCUT2D eigenvalue weighted by Crippen LogP contribution is 2.16. The second kappa shape index (κ2) is 6.34. The summed E-state index contributed by atoms with van der Waals surface area (Å²) in [7, 11) is 0. The molecular formula is C15H15NO3S. The normalized spacial score (nSPS) is 10.2. The van der Waals surface area contributed by atoms with Crippen LogP contribution in [0.1, 0.15) is 30.5 Å². The van der Waals surface area contributed by atoms with Crippen molar-refractivity contribution >= 4 is 23.2 Å². The number of carboxylic acid groups (broad SMARTS) is 1. The van der Waals surface area contributed by atoms with E-state index in [0.717, 1.165) is 17.8 Å². The lowest BCUT2D eigenvalue weighted by molar-refractivity contribution is 0.0702. The fraction of sp³-hybridized carbons (Fsp3) is 0.200. The molecule has 1 aromatic heterocycles. The number of rotatable bonds is 5. The number of hydrogen-bond donors (Lipinski definition) is 2. The van der Waals surface area contributed by atoms with Crippen molar-refractivity contribution in [1.29, 1.82) is 0 Å². The number of carbonyl (C=O) groups excluding carboxylic acids is 1. The fourth-order valence-electron chi connectivity index (χ4n) is 1.85. The predicted octanol–water partition coefficient (Wildman–Crippen LogP) is 2.73. The van der Waals surface area contributed by atoms with Crippen LogP contribution < -0.4 is 5.32 Å². The summed E-state index contributed by atoms with van der Waals surface area (Å²) in [5, 5.41) is 11.6. The van der Waals surface area contributed by atoms with E-state index in [2.05, 4.69) is 11.4 Å². The Morgan fingerprint density at radius 3 is 2.60 bits per heavy atom. The Labute approximate surface area is 121 Å². The maximum absolute atomic E-state index is 11.8. The van der Waals surface area contributed by atoms with Gasteiger partial charge in [-0.2, -0.15) is 0 Å². The Morgan fingerprint density at radius 1 is 1.20 bits per heavy atom. The zero-order valence-corrected chi connectivity index (χ0v) is 11.9. The summed E-state index contributed by atoms with van der Waals surface area (Å²) in [4.78, 5) is 23.2. The second-order valence-corrected chi connectivity index (χ2v) is 5.55. The van der Waals surface area contributed by atoms with Gasteiger partial charge < -0.3 is 10.4 Å². The summed E-state index contributed by atoms with van der Waals surface area (Å²) in [6.45, 7) is 2.56. The van der Waals surface area contributed by atoms with Gasteiger partial charge in [0.2, 0.25) is 0 Å². The van der Waals surface area contributed by atoms with Crippen LogP contribution in [0.25, 0.3) is 0 Å². The Morgan fingerprint density at radius 2 is 1.95 bits per heavy atom. The van der Waals surface area contributed by atoms with Crippen LogP contribution in [0.5, 0.6) is 0 Å². The molecule has 1 heterocycles. The molecule has 0 aliphatic rings. The maximum atomic E-state index is 11.8. The number of carboxylic acids is 1. The van der Waals surface area contributed by atoms with Gasteiger partial charge in [-0.05, 0) is 31.0 Å². The molecule has 20 heavy (non-hydrogen) atoms. The fourth-order valence-corrected chi connectivity index (χ4v) is 2.61. The average Bonchev–Trinajstić information content (AvgIpc) is 2.88. The summed E-state index contributed by atoms with van der Waals surface area (Å²) in [6.07, 6.45) is 0.755. The van der Waals surface area contributed by atoms with Crippen LogP contribution in [0, 0.1) is 6.92 Å². The zero-order chi connectivity index (χ0) is 14.5. The Bertz CT molecular complexity index is 634. The maximum Gasteiger partial charge on any atom is 0.345 e. The summed E-state index contributed by atoms with van der Waals surface area (Å²) in [5.41, 5.74) is 2.36. The minimum Gasteiger partial charge on any atom is -0.477 e. The van der Waals surface area contributed by atoms with Crippen LogP contribution in [0.4, 0.5) is 0 Å². The highest BCUT2D eigenvalue weighted by Gasteiger charge is 2.12. The van der Waals surface area contributed by atoms with Crippen molar-refractivity contribution in [2.24, 2.45) is 0 Å². The van der Waals surface area contributed by atoms with Crippen LogP contribution in [0.3, 0.4) is 0 Å². The van der Waals surface area contributed by atoms with E-state index in [4.69, 9.17) is 5.11 Å². The highest BCUT2D eigenvalue weighted by atomic mass is 32.1. The van der Waals surface area contributed by atoms with E-state index in [9.17, 15) is 9.59 Å². The van der Waals surface area contributed by atoms with E-state index in [1.807, 2.05) is 25.1 Å². The van der Waals surface area contributed by atoms with Crippen molar-refractivity contribution in [3.8, 4) is 0 Å². The molecule has 4 nitrogen and oxygen atoms in total. The number of aryl methyl sites for hydroxylation is 1. The first-order valence-corrected chi connectivity index (χ1v) is 7.05. The van der Waals surface area contributed by atoms with E-state index >= 15 is 0 Å². The van der Waals surface area contributed by atoms with E-state index in [-0.39, 0.29) is 10.8 Å². The molecule has 1 aromatic carbocycles. The van der Waals surface area contributed by atoms with E-state index in [0.29, 0.717) is 11.4 Å². The second-order valence-electron chi connectivity index (χ2n) is 4.46. The van der Waals surface area contributed by atoms with E-state index in [1.165, 1.54) is 23.3 Å². The summed E-state index contributed by atoms with van der Waals surface area (Å²) < 4.78 is 0. The average molecular weight is 289 g/mol. The van der Waals surface area contributed by atoms with E-state index < -0.39 is 5.97 Å². The van der Waals surface area contributed by atoms with Crippen molar-refractivity contribution in [1.82, 2.24) is 5.32 Å². The van der Waals surface area contributed by atoms with Crippen molar-refractivity contribution < 1.29 is 14.7 Å². The molecule has 0 aliphatic carbocycles. The summed E-state index contributed by atoms with van der Waals surface area (Å²) in [5.74, 6) is -1.23. The van der Waals surface area contributed by atoms with Gasteiger partial charge in [0, 0.05) is 6.54 Å². The number of thiophene rings is 1. The van der Waals surface area contributed by atoms with Gasteiger partial charge >= 0.3 is 5.97 Å². The quantitative estimate of drug-likeness (QED) is 0.889. The largest absolute Gasteiger partial charge is 0.477 e. The Kier molecular flexibility index (Phi) is 4.53. The third-order valence-corrected chi connectivity index (χ3v) is 3.89. The van der Waals surface area contributed by atoms with Crippen molar-refractivity contribution in [2.75, 3.05) is 6.54 Å². The number of aromatic carboxylic acids is 1. The highest BCUT2D eigenvalue weighted by molar-refractivity contribution is 7.15. The van der Waals surface area contributed by atoms with Gasteiger partial charge in [-0.25, -0.2) is 4.79 Å². The van der Waals surface area contributed by atoms with Gasteiger partial charge in [0.1, 0.15) is 4.88 Å². The van der Waals surface area contributed by atoms with E-state index in [1.54, 1.807) is 0 Å². The van der Waals surface area contributed by atoms with Crippen molar-refractivity contribution in [3.63, 3.8) is 0 Å². The lowest BCUT2D eigenvalue weighted by Crippen LogP contribution is -2.24. The number of benzene rings is 1. The minimum atomic E-state index is -1.01. The molecule has 0 fully saturated rings. The van der Waals surface area contributed by atoms with Gasteiger partial charge in [-0.15, -0.1) is 11.3 Å². The van der Waals surface area contributed by atoms with Crippen LogP contribution >= 0.6 is 11.3 Å². The standard InChI is InChI=1S/C15H15NO3S/c1-10-3-2-4-11(9-10)7-8-16-14(17)12-5-6-13(20-12)15(18)19/h2-6,9H,7-8H2,1H3,(H,16,17)(H,18,19). The number of nitrogens with one attached hydrogen (secondary N) is 1. The smallest absolute Gasteiger partial charge is 0.345 e. The molecule has 5 heteroatoms. The summed E-state index contributed by atoms with van der Waals surface area (Å²) >= 11 is 0.986. The number of amides is 1. The van der Waals surface area contributed by atoms with Gasteiger partial charge in [-0.3, -0.25) is 4.79 Å². The van der Waals surface area contributed by atoms with Gasteiger partial charge in [0.15, 0.2) is 0 Å². The zero-order valence-electron chi connectivity index (χ0n) is 11.1. The lowest BCUT2D eigenvalue weighted by atomic mass is 10.1. The first-order chi connectivity index (χ1) is 9.56. The van der Waals surface area contributed by atoms with Crippen LogP contribution in [0.15, 0.2) is 36.4 Å². The molecule has 104 valence electrons. The van der Waals surface area contributed by atoms with Crippen molar-refractivity contribution in [2.45, 2.75) is 13.3 Å². The molecule has 0 atom stereocenters.